The first-order valence-electron chi connectivity index (χ1n) is 10.5. The summed E-state index contributed by atoms with van der Waals surface area (Å²) in [6.07, 6.45) is 4.75. The Bertz CT molecular complexity index is 1130. The molecule has 2 aromatic rings. The van der Waals surface area contributed by atoms with Crippen molar-refractivity contribution in [3.63, 3.8) is 0 Å². The number of carbonyl (C=O) groups excluding carboxylic acids is 2. The van der Waals surface area contributed by atoms with Gasteiger partial charge in [0.05, 0.1) is 0 Å². The van der Waals surface area contributed by atoms with Crippen molar-refractivity contribution >= 4 is 11.8 Å². The smallest absolute Gasteiger partial charge is 0.274 e. The zero-order valence-corrected chi connectivity index (χ0v) is 17.3. The minimum Gasteiger partial charge on any atom is -0.503 e. The van der Waals surface area contributed by atoms with Crippen LogP contribution in [0.2, 0.25) is 0 Å². The quantitative estimate of drug-likeness (QED) is 0.658. The van der Waals surface area contributed by atoms with Gasteiger partial charge in [0.2, 0.25) is 5.43 Å². The molecule has 0 bridgehead atoms. The van der Waals surface area contributed by atoms with Crippen LogP contribution in [0, 0.1) is 11.6 Å². The molecule has 0 radical (unpaired) electrons. The minimum absolute atomic E-state index is 0.0386. The second-order valence-corrected chi connectivity index (χ2v) is 8.20. The lowest BCUT2D eigenvalue weighted by Crippen LogP contribution is -2.55. The molecule has 0 spiro atoms. The number of aromatic hydroxyl groups is 1. The van der Waals surface area contributed by atoms with Gasteiger partial charge in [-0.3, -0.25) is 14.4 Å². The zero-order valence-electron chi connectivity index (χ0n) is 17.3. The molecular formula is C22H24F2N4O4. The Kier molecular flexibility index (Phi) is 5.96. The first-order valence-corrected chi connectivity index (χ1v) is 10.5. The standard InChI is InChI=1S/C22H24F2N4O4/c23-13-6-5-12(15(24)9-13)10-26-21(31)14-11-27-7-8-28(17-4-2-1-3-16(17)25)22(32)18(27)20(30)19(14)29/h5-6,9,11,16-17,30H,1-4,7-8,10,25H2,(H,26,31)/t16-,17?/m0/s1. The van der Waals surface area contributed by atoms with Crippen molar-refractivity contribution in [1.82, 2.24) is 14.8 Å². The van der Waals surface area contributed by atoms with Crippen LogP contribution in [-0.2, 0) is 13.1 Å². The van der Waals surface area contributed by atoms with Gasteiger partial charge in [-0.15, -0.1) is 0 Å². The molecule has 4 rings (SSSR count). The molecule has 1 aliphatic carbocycles. The molecule has 4 N–H and O–H groups in total. The Morgan fingerprint density at radius 1 is 1.19 bits per heavy atom. The van der Waals surface area contributed by atoms with Crippen molar-refractivity contribution in [2.75, 3.05) is 6.54 Å². The zero-order chi connectivity index (χ0) is 23.0. The summed E-state index contributed by atoms with van der Waals surface area (Å²) in [6, 6.07) is 2.61. The third-order valence-electron chi connectivity index (χ3n) is 6.18. The van der Waals surface area contributed by atoms with Crippen LogP contribution in [-0.4, -0.2) is 45.0 Å². The first-order chi connectivity index (χ1) is 15.3. The van der Waals surface area contributed by atoms with E-state index in [4.69, 9.17) is 5.73 Å². The molecule has 1 aromatic carbocycles. The van der Waals surface area contributed by atoms with Crippen LogP contribution in [0.15, 0.2) is 29.2 Å². The number of hydrogen-bond donors (Lipinski definition) is 3. The van der Waals surface area contributed by atoms with Crippen LogP contribution < -0.4 is 16.5 Å². The van der Waals surface area contributed by atoms with Gasteiger partial charge in [0.25, 0.3) is 11.8 Å². The van der Waals surface area contributed by atoms with Crippen LogP contribution in [0.3, 0.4) is 0 Å². The van der Waals surface area contributed by atoms with E-state index in [0.717, 1.165) is 31.7 Å². The van der Waals surface area contributed by atoms with E-state index in [1.807, 2.05) is 0 Å². The fraction of sp³-hybridized carbons (Fsp3) is 0.409. The van der Waals surface area contributed by atoms with Crippen molar-refractivity contribution in [3.05, 3.63) is 63.1 Å². The number of amides is 2. The average molecular weight is 446 g/mol. The second kappa shape index (κ2) is 8.70. The lowest BCUT2D eigenvalue weighted by molar-refractivity contribution is 0.0532. The van der Waals surface area contributed by atoms with Crippen molar-refractivity contribution in [2.24, 2.45) is 5.73 Å². The normalized spacial score (nSPS) is 20.7. The molecule has 8 nitrogen and oxygen atoms in total. The van der Waals surface area contributed by atoms with Crippen molar-refractivity contribution < 1.29 is 23.5 Å². The van der Waals surface area contributed by atoms with Gasteiger partial charge in [-0.25, -0.2) is 8.78 Å². The minimum atomic E-state index is -0.989. The molecular weight excluding hydrogens is 422 g/mol. The number of hydrogen-bond acceptors (Lipinski definition) is 5. The molecule has 2 aliphatic rings. The van der Waals surface area contributed by atoms with Gasteiger partial charge < -0.3 is 25.6 Å². The molecule has 2 amide bonds. The number of aromatic nitrogens is 1. The third-order valence-corrected chi connectivity index (χ3v) is 6.18. The van der Waals surface area contributed by atoms with E-state index in [9.17, 15) is 28.3 Å². The highest BCUT2D eigenvalue weighted by Crippen LogP contribution is 2.28. The van der Waals surface area contributed by atoms with E-state index in [2.05, 4.69) is 5.32 Å². The summed E-state index contributed by atoms with van der Waals surface area (Å²) < 4.78 is 28.2. The Hall–Kier alpha value is -3.27. The number of nitrogens with zero attached hydrogens (tertiary/aromatic N) is 2. The van der Waals surface area contributed by atoms with E-state index in [0.29, 0.717) is 12.6 Å². The highest BCUT2D eigenvalue weighted by atomic mass is 19.1. The van der Waals surface area contributed by atoms with Gasteiger partial charge in [-0.1, -0.05) is 18.9 Å². The van der Waals surface area contributed by atoms with Gasteiger partial charge >= 0.3 is 0 Å². The molecule has 1 aromatic heterocycles. The molecule has 1 aliphatic heterocycles. The molecule has 1 unspecified atom stereocenters. The average Bonchev–Trinajstić information content (AvgIpc) is 2.76. The Morgan fingerprint density at radius 2 is 1.94 bits per heavy atom. The fourth-order valence-electron chi connectivity index (χ4n) is 4.44. The highest BCUT2D eigenvalue weighted by molar-refractivity contribution is 5.99. The van der Waals surface area contributed by atoms with Gasteiger partial charge in [-0.2, -0.15) is 0 Å². The van der Waals surface area contributed by atoms with E-state index >= 15 is 0 Å². The molecule has 1 fully saturated rings. The van der Waals surface area contributed by atoms with Crippen LogP contribution >= 0.6 is 0 Å². The van der Waals surface area contributed by atoms with Gasteiger partial charge in [0, 0.05) is 49.5 Å². The van der Waals surface area contributed by atoms with Crippen LogP contribution in [0.4, 0.5) is 8.78 Å². The maximum absolute atomic E-state index is 13.8. The van der Waals surface area contributed by atoms with E-state index in [1.165, 1.54) is 16.8 Å². The Balaban J connectivity index is 1.57. The number of benzene rings is 1. The van der Waals surface area contributed by atoms with E-state index in [1.54, 1.807) is 4.90 Å². The number of halogens is 2. The third kappa shape index (κ3) is 3.97. The van der Waals surface area contributed by atoms with Gasteiger partial charge in [0.1, 0.15) is 17.2 Å². The Morgan fingerprint density at radius 3 is 2.66 bits per heavy atom. The number of nitrogens with two attached hydrogens (primary N) is 1. The summed E-state index contributed by atoms with van der Waals surface area (Å²) >= 11 is 0. The molecule has 1 saturated carbocycles. The fourth-order valence-corrected chi connectivity index (χ4v) is 4.44. The topological polar surface area (TPSA) is 118 Å². The molecule has 170 valence electrons. The van der Waals surface area contributed by atoms with Crippen molar-refractivity contribution in [2.45, 2.75) is 50.9 Å². The number of carbonyl (C=O) groups is 2. The SMILES string of the molecule is N[C@H]1CCCCC1N1CCn2cc(C(=O)NCc3ccc(F)cc3F)c(=O)c(O)c2C1=O. The summed E-state index contributed by atoms with van der Waals surface area (Å²) in [5, 5.41) is 12.9. The summed E-state index contributed by atoms with van der Waals surface area (Å²) in [4.78, 5) is 39.9. The summed E-state index contributed by atoms with van der Waals surface area (Å²) in [5.41, 5.74) is 4.71. The predicted molar refractivity (Wildman–Crippen MR) is 111 cm³/mol. The monoisotopic (exact) mass is 446 g/mol. The summed E-state index contributed by atoms with van der Waals surface area (Å²) in [6.45, 7) is 0.346. The summed E-state index contributed by atoms with van der Waals surface area (Å²) in [7, 11) is 0. The van der Waals surface area contributed by atoms with Crippen molar-refractivity contribution in [1.29, 1.82) is 0 Å². The lowest BCUT2D eigenvalue weighted by atomic mass is 9.89. The number of rotatable bonds is 4. The molecule has 2 atom stereocenters. The molecule has 32 heavy (non-hydrogen) atoms. The number of pyridine rings is 1. The second-order valence-electron chi connectivity index (χ2n) is 8.20. The van der Waals surface area contributed by atoms with E-state index < -0.39 is 34.6 Å². The highest BCUT2D eigenvalue weighted by Gasteiger charge is 2.37. The van der Waals surface area contributed by atoms with Gasteiger partial charge in [-0.05, 0) is 18.9 Å². The predicted octanol–water partition coefficient (Wildman–Crippen LogP) is 1.49. The lowest BCUT2D eigenvalue weighted by Gasteiger charge is -2.41. The number of fused-ring (bicyclic) bond motifs is 1. The molecule has 10 heteroatoms. The van der Waals surface area contributed by atoms with Crippen LogP contribution in [0.25, 0.3) is 0 Å². The van der Waals surface area contributed by atoms with Crippen molar-refractivity contribution in [3.8, 4) is 5.75 Å². The van der Waals surface area contributed by atoms with Crippen LogP contribution in [0.5, 0.6) is 5.75 Å². The summed E-state index contributed by atoms with van der Waals surface area (Å²) in [5.74, 6) is -3.71. The molecule has 0 saturated heterocycles. The maximum atomic E-state index is 13.8. The Labute approximate surface area is 182 Å². The van der Waals surface area contributed by atoms with Gasteiger partial charge in [0.15, 0.2) is 11.4 Å². The largest absolute Gasteiger partial charge is 0.503 e. The van der Waals surface area contributed by atoms with Crippen LogP contribution in [0.1, 0.15) is 52.1 Å². The maximum Gasteiger partial charge on any atom is 0.274 e. The first kappa shape index (κ1) is 21.9. The van der Waals surface area contributed by atoms with E-state index in [-0.39, 0.29) is 42.0 Å². The molecule has 2 heterocycles. The number of nitrogens with one attached hydrogen (secondary N) is 1.